The van der Waals surface area contributed by atoms with Crippen molar-refractivity contribution < 1.29 is 19.8 Å². The molecule has 2 aromatic carbocycles. The number of aliphatic hydroxyl groups is 1. The fraction of sp³-hybridized carbons (Fsp3) is 0.222. The molecule has 0 saturated carbocycles. The van der Waals surface area contributed by atoms with Gasteiger partial charge in [-0.3, -0.25) is 4.79 Å². The van der Waals surface area contributed by atoms with Gasteiger partial charge in [-0.05, 0) is 42.7 Å². The van der Waals surface area contributed by atoms with E-state index in [0.717, 1.165) is 0 Å². The first-order chi connectivity index (χ1) is 10.5. The lowest BCUT2D eigenvalue weighted by Crippen LogP contribution is -2.19. The molecule has 4 nitrogen and oxygen atoms in total. The van der Waals surface area contributed by atoms with E-state index < -0.39 is 11.9 Å². The highest BCUT2D eigenvalue weighted by molar-refractivity contribution is 6.04. The molecule has 114 valence electrons. The molecule has 1 atom stereocenters. The molecule has 0 radical (unpaired) electrons. The van der Waals surface area contributed by atoms with Gasteiger partial charge in [0.15, 0.2) is 5.78 Å². The molecule has 0 fully saturated rings. The second-order valence-electron chi connectivity index (χ2n) is 5.30. The third kappa shape index (κ3) is 3.07. The van der Waals surface area contributed by atoms with Gasteiger partial charge < -0.3 is 10.2 Å². The number of Topliss-reactive ketones (excluding diaryl/α,β-unsaturated/α-hetero) is 1. The van der Waals surface area contributed by atoms with Crippen molar-refractivity contribution in [1.29, 1.82) is 0 Å². The minimum absolute atomic E-state index is 0.119. The van der Waals surface area contributed by atoms with Gasteiger partial charge in [0.05, 0.1) is 18.1 Å². The highest BCUT2D eigenvalue weighted by Gasteiger charge is 2.24. The first-order valence-electron chi connectivity index (χ1n) is 7.00. The van der Waals surface area contributed by atoms with Crippen molar-refractivity contribution in [2.24, 2.45) is 0 Å². The van der Waals surface area contributed by atoms with Crippen LogP contribution < -0.4 is 0 Å². The zero-order chi connectivity index (χ0) is 16.3. The SMILES string of the molecule is Cc1cc(C(=O)O)c(C)c(C(=O)C(CO)c2ccccc2)c1. The quantitative estimate of drug-likeness (QED) is 0.832. The van der Waals surface area contributed by atoms with Gasteiger partial charge >= 0.3 is 5.97 Å². The van der Waals surface area contributed by atoms with Gasteiger partial charge in [-0.25, -0.2) is 4.79 Å². The molecule has 0 aromatic heterocycles. The van der Waals surface area contributed by atoms with Crippen molar-refractivity contribution in [1.82, 2.24) is 0 Å². The van der Waals surface area contributed by atoms with Gasteiger partial charge in [0.2, 0.25) is 0 Å². The van der Waals surface area contributed by atoms with E-state index in [-0.39, 0.29) is 18.0 Å². The van der Waals surface area contributed by atoms with Crippen molar-refractivity contribution in [2.75, 3.05) is 6.61 Å². The zero-order valence-corrected chi connectivity index (χ0v) is 12.5. The van der Waals surface area contributed by atoms with Crippen LogP contribution in [0.3, 0.4) is 0 Å². The van der Waals surface area contributed by atoms with E-state index >= 15 is 0 Å². The Balaban J connectivity index is 2.51. The maximum Gasteiger partial charge on any atom is 0.335 e. The largest absolute Gasteiger partial charge is 0.478 e. The average Bonchev–Trinajstić information content (AvgIpc) is 2.50. The van der Waals surface area contributed by atoms with Gasteiger partial charge in [0.25, 0.3) is 0 Å². The minimum Gasteiger partial charge on any atom is -0.478 e. The number of ketones is 1. The van der Waals surface area contributed by atoms with Crippen LogP contribution in [-0.2, 0) is 0 Å². The Hall–Kier alpha value is -2.46. The van der Waals surface area contributed by atoms with Crippen molar-refractivity contribution >= 4 is 11.8 Å². The van der Waals surface area contributed by atoms with Gasteiger partial charge in [-0.1, -0.05) is 30.3 Å². The second-order valence-corrected chi connectivity index (χ2v) is 5.30. The topological polar surface area (TPSA) is 74.6 Å². The summed E-state index contributed by atoms with van der Waals surface area (Å²) < 4.78 is 0. The summed E-state index contributed by atoms with van der Waals surface area (Å²) in [5.41, 5.74) is 2.31. The number of carboxylic acids is 1. The third-order valence-electron chi connectivity index (χ3n) is 3.75. The number of benzene rings is 2. The summed E-state index contributed by atoms with van der Waals surface area (Å²) in [5, 5.41) is 18.9. The summed E-state index contributed by atoms with van der Waals surface area (Å²) in [5.74, 6) is -2.02. The van der Waals surface area contributed by atoms with E-state index in [9.17, 15) is 19.8 Å². The van der Waals surface area contributed by atoms with E-state index in [0.29, 0.717) is 22.3 Å². The summed E-state index contributed by atoms with van der Waals surface area (Å²) in [4.78, 5) is 24.1. The summed E-state index contributed by atoms with van der Waals surface area (Å²) in [6, 6.07) is 12.2. The Morgan fingerprint density at radius 2 is 1.64 bits per heavy atom. The van der Waals surface area contributed by atoms with Gasteiger partial charge in [-0.2, -0.15) is 0 Å². The minimum atomic E-state index is -1.06. The molecule has 4 heteroatoms. The third-order valence-corrected chi connectivity index (χ3v) is 3.75. The molecule has 2 rings (SSSR count). The summed E-state index contributed by atoms with van der Waals surface area (Å²) >= 11 is 0. The number of carbonyl (C=O) groups is 2. The van der Waals surface area contributed by atoms with Gasteiger partial charge in [0.1, 0.15) is 0 Å². The van der Waals surface area contributed by atoms with Crippen LogP contribution in [0.2, 0.25) is 0 Å². The maximum atomic E-state index is 12.8. The molecule has 22 heavy (non-hydrogen) atoms. The first kappa shape index (κ1) is 15.9. The highest BCUT2D eigenvalue weighted by Crippen LogP contribution is 2.25. The van der Waals surface area contributed by atoms with Gasteiger partial charge in [-0.15, -0.1) is 0 Å². The number of rotatable bonds is 5. The molecule has 0 bridgehead atoms. The smallest absolute Gasteiger partial charge is 0.335 e. The van der Waals surface area contributed by atoms with Crippen molar-refractivity contribution in [3.05, 3.63) is 70.3 Å². The number of aliphatic hydroxyl groups excluding tert-OH is 1. The van der Waals surface area contributed by atoms with E-state index in [4.69, 9.17) is 0 Å². The van der Waals surface area contributed by atoms with Crippen LogP contribution in [0.1, 0.15) is 43.3 Å². The van der Waals surface area contributed by atoms with Crippen LogP contribution in [0, 0.1) is 13.8 Å². The molecule has 0 aliphatic rings. The first-order valence-corrected chi connectivity index (χ1v) is 7.00. The summed E-state index contributed by atoms with van der Waals surface area (Å²) in [6.07, 6.45) is 0. The Bertz CT molecular complexity index is 705. The monoisotopic (exact) mass is 298 g/mol. The predicted octanol–water partition coefficient (Wildman–Crippen LogP) is 2.96. The molecule has 0 aliphatic carbocycles. The van der Waals surface area contributed by atoms with E-state index in [2.05, 4.69) is 0 Å². The lowest BCUT2D eigenvalue weighted by atomic mass is 9.87. The Kier molecular flexibility index (Phi) is 4.73. The summed E-state index contributed by atoms with van der Waals surface area (Å²) in [7, 11) is 0. The van der Waals surface area contributed by atoms with Crippen LogP contribution >= 0.6 is 0 Å². The standard InChI is InChI=1S/C18H18O4/c1-11-8-14(12(2)15(9-11)18(21)22)17(20)16(10-19)13-6-4-3-5-7-13/h3-9,16,19H,10H2,1-2H3,(H,21,22). The zero-order valence-electron chi connectivity index (χ0n) is 12.5. The van der Waals surface area contributed by atoms with Gasteiger partial charge in [0, 0.05) is 5.56 Å². The van der Waals surface area contributed by atoms with Crippen LogP contribution in [0.4, 0.5) is 0 Å². The molecule has 2 N–H and O–H groups in total. The van der Waals surface area contributed by atoms with Crippen molar-refractivity contribution in [3.63, 3.8) is 0 Å². The van der Waals surface area contributed by atoms with Crippen LogP contribution in [0.25, 0.3) is 0 Å². The molecule has 0 saturated heterocycles. The normalized spacial score (nSPS) is 12.0. The number of aromatic carboxylic acids is 1. The number of hydrogen-bond donors (Lipinski definition) is 2. The molecule has 0 spiro atoms. The summed E-state index contributed by atoms with van der Waals surface area (Å²) in [6.45, 7) is 3.05. The molecule has 0 aliphatic heterocycles. The Morgan fingerprint density at radius 1 is 1.05 bits per heavy atom. The van der Waals surface area contributed by atoms with Crippen molar-refractivity contribution in [3.8, 4) is 0 Å². The lowest BCUT2D eigenvalue weighted by Gasteiger charge is -2.16. The lowest BCUT2D eigenvalue weighted by molar-refractivity contribution is 0.0696. The molecule has 1 unspecified atom stereocenters. The fourth-order valence-electron chi connectivity index (χ4n) is 2.55. The number of carbonyl (C=O) groups excluding carboxylic acids is 1. The predicted molar refractivity (Wildman–Crippen MR) is 83.5 cm³/mol. The number of carboxylic acid groups (broad SMARTS) is 1. The van der Waals surface area contributed by atoms with Crippen LogP contribution in [0.5, 0.6) is 0 Å². The number of aryl methyl sites for hydroxylation is 1. The van der Waals surface area contributed by atoms with Crippen molar-refractivity contribution in [2.45, 2.75) is 19.8 Å². The van der Waals surface area contributed by atoms with E-state index in [1.807, 2.05) is 6.07 Å². The van der Waals surface area contributed by atoms with E-state index in [1.54, 1.807) is 50.2 Å². The highest BCUT2D eigenvalue weighted by atomic mass is 16.4. The average molecular weight is 298 g/mol. The molecule has 2 aromatic rings. The Labute approximate surface area is 129 Å². The Morgan fingerprint density at radius 3 is 2.18 bits per heavy atom. The second kappa shape index (κ2) is 6.54. The van der Waals surface area contributed by atoms with Crippen LogP contribution in [-0.4, -0.2) is 28.6 Å². The fourth-order valence-corrected chi connectivity index (χ4v) is 2.55. The maximum absolute atomic E-state index is 12.8. The molecule has 0 amide bonds. The van der Waals surface area contributed by atoms with E-state index in [1.165, 1.54) is 0 Å². The molecule has 0 heterocycles. The molecular formula is C18H18O4. The number of hydrogen-bond acceptors (Lipinski definition) is 3. The van der Waals surface area contributed by atoms with Crippen LogP contribution in [0.15, 0.2) is 42.5 Å². The molecular weight excluding hydrogens is 280 g/mol.